The highest BCUT2D eigenvalue weighted by molar-refractivity contribution is 5.90. The molecule has 1 aromatic carbocycles. The molecule has 0 bridgehead atoms. The zero-order valence-electron chi connectivity index (χ0n) is 16.4. The maximum absolute atomic E-state index is 12.2. The normalized spacial score (nSPS) is 15.3. The van der Waals surface area contributed by atoms with Crippen molar-refractivity contribution in [1.29, 1.82) is 0 Å². The molecule has 4 rings (SSSR count). The molecule has 1 fully saturated rings. The van der Waals surface area contributed by atoms with Crippen LogP contribution in [0.15, 0.2) is 54.0 Å². The summed E-state index contributed by atoms with van der Waals surface area (Å²) in [6.07, 6.45) is 2.11. The Morgan fingerprint density at radius 3 is 2.74 bits per heavy atom. The summed E-state index contributed by atoms with van der Waals surface area (Å²) in [5, 5.41) is 7.48. The molecule has 1 aliphatic carbocycles. The van der Waals surface area contributed by atoms with E-state index in [1.165, 1.54) is 0 Å². The molecule has 31 heavy (non-hydrogen) atoms. The number of benzene rings is 1. The summed E-state index contributed by atoms with van der Waals surface area (Å²) in [6.45, 7) is -1.41. The van der Waals surface area contributed by atoms with Crippen molar-refractivity contribution in [3.05, 3.63) is 59.3 Å². The van der Waals surface area contributed by atoms with Gasteiger partial charge in [0.2, 0.25) is 0 Å². The topological polar surface area (TPSA) is 87.9 Å². The van der Waals surface area contributed by atoms with Crippen molar-refractivity contribution in [3.8, 4) is 11.3 Å². The van der Waals surface area contributed by atoms with Crippen LogP contribution in [0.5, 0.6) is 0 Å². The van der Waals surface area contributed by atoms with Gasteiger partial charge in [-0.2, -0.15) is 18.1 Å². The van der Waals surface area contributed by atoms with Crippen molar-refractivity contribution in [2.24, 2.45) is 11.1 Å². The van der Waals surface area contributed by atoms with Crippen molar-refractivity contribution in [2.45, 2.75) is 31.5 Å². The van der Waals surface area contributed by atoms with E-state index in [1.807, 2.05) is 22.7 Å². The molecule has 2 N–H and O–H groups in total. The number of rotatable bonds is 6. The molecule has 0 radical (unpaired) electrons. The largest absolute Gasteiger partial charge is 0.405 e. The summed E-state index contributed by atoms with van der Waals surface area (Å²) < 4.78 is 38.6. The van der Waals surface area contributed by atoms with E-state index in [0.717, 1.165) is 36.1 Å². The first-order valence-corrected chi connectivity index (χ1v) is 9.85. The number of hydrogen-bond acceptors (Lipinski definition) is 4. The van der Waals surface area contributed by atoms with Crippen molar-refractivity contribution < 1.29 is 18.0 Å². The molecule has 10 heteroatoms. The fourth-order valence-electron chi connectivity index (χ4n) is 3.68. The molecule has 2 heterocycles. The van der Waals surface area contributed by atoms with Crippen LogP contribution in [-0.4, -0.2) is 28.1 Å². The van der Waals surface area contributed by atoms with E-state index >= 15 is 0 Å². The lowest BCUT2D eigenvalue weighted by molar-refractivity contribution is -0.122. The second-order valence-electron chi connectivity index (χ2n) is 7.58. The molecule has 1 unspecified atom stereocenters. The molecular formula is C21H20F3N5O2. The van der Waals surface area contributed by atoms with Gasteiger partial charge in [-0.25, -0.2) is 9.78 Å². The molecule has 1 saturated carbocycles. The monoisotopic (exact) mass is 431 g/mol. The van der Waals surface area contributed by atoms with Crippen molar-refractivity contribution in [2.75, 3.05) is 11.9 Å². The van der Waals surface area contributed by atoms with Crippen molar-refractivity contribution in [1.82, 2.24) is 14.7 Å². The number of nitroso groups, excluding NO2 is 1. The number of hydrogen-bond donors (Lipinski definition) is 2. The van der Waals surface area contributed by atoms with Gasteiger partial charge in [0.1, 0.15) is 18.2 Å². The molecule has 1 atom stereocenters. The van der Waals surface area contributed by atoms with Crippen LogP contribution >= 0.6 is 0 Å². The zero-order chi connectivity index (χ0) is 22.0. The fourth-order valence-corrected chi connectivity index (χ4v) is 3.68. The number of halogens is 3. The van der Waals surface area contributed by atoms with Crippen LogP contribution in [-0.2, 0) is 0 Å². The van der Waals surface area contributed by atoms with E-state index in [-0.39, 0.29) is 12.0 Å². The van der Waals surface area contributed by atoms with Crippen LogP contribution in [0.25, 0.3) is 16.9 Å². The van der Waals surface area contributed by atoms with Gasteiger partial charge >= 0.3 is 12.2 Å². The molecule has 0 aliphatic heterocycles. The van der Waals surface area contributed by atoms with Crippen LogP contribution in [0.4, 0.5) is 23.7 Å². The number of carbonyl (C=O) groups is 1. The summed E-state index contributed by atoms with van der Waals surface area (Å²) in [5.41, 5.74) is 3.29. The zero-order valence-corrected chi connectivity index (χ0v) is 16.4. The number of carbonyl (C=O) groups excluding carboxylic acids is 1. The van der Waals surface area contributed by atoms with Gasteiger partial charge in [0, 0.05) is 17.4 Å². The summed E-state index contributed by atoms with van der Waals surface area (Å²) in [4.78, 5) is 27.5. The quantitative estimate of drug-likeness (QED) is 0.520. The molecule has 2 aromatic heterocycles. The molecule has 7 nitrogen and oxygen atoms in total. The van der Waals surface area contributed by atoms with E-state index in [4.69, 9.17) is 0 Å². The summed E-state index contributed by atoms with van der Waals surface area (Å²) >= 11 is 0. The van der Waals surface area contributed by atoms with E-state index in [9.17, 15) is 22.9 Å². The number of imidazole rings is 1. The lowest BCUT2D eigenvalue weighted by Crippen LogP contribution is -2.36. The SMILES string of the molecule is O=NC(c1ccn2c(-c3cccc(NC(=O)NCC(F)(F)F)c3)cnc2c1)C1CCC1. The fraction of sp³-hybridized carbons (Fsp3) is 0.333. The van der Waals surface area contributed by atoms with E-state index < -0.39 is 18.8 Å². The lowest BCUT2D eigenvalue weighted by atomic mass is 9.78. The van der Waals surface area contributed by atoms with Gasteiger partial charge in [-0.15, -0.1) is 0 Å². The molecule has 0 spiro atoms. The van der Waals surface area contributed by atoms with Crippen LogP contribution in [0.1, 0.15) is 30.9 Å². The molecule has 162 valence electrons. The van der Waals surface area contributed by atoms with Crippen molar-refractivity contribution in [3.63, 3.8) is 0 Å². The number of nitrogens with zero attached hydrogens (tertiary/aromatic N) is 3. The minimum atomic E-state index is -4.48. The van der Waals surface area contributed by atoms with Gasteiger partial charge in [-0.1, -0.05) is 23.7 Å². The van der Waals surface area contributed by atoms with E-state index in [2.05, 4.69) is 15.5 Å². The second-order valence-corrected chi connectivity index (χ2v) is 7.58. The first-order valence-electron chi connectivity index (χ1n) is 9.85. The predicted octanol–water partition coefficient (Wildman–Crippen LogP) is 5.29. The Labute approximate surface area is 175 Å². The first-order chi connectivity index (χ1) is 14.8. The molecule has 3 aromatic rings. The third kappa shape index (κ3) is 4.68. The standard InChI is InChI=1S/C21H20F3N5O2/c22-21(23,24)12-26-20(30)27-16-6-2-5-14(9-16)17-11-25-18-10-15(7-8-29(17)18)19(28-31)13-3-1-4-13/h2,5-11,13,19H,1,3-4,12H2,(H2,26,27,30). The van der Waals surface area contributed by atoms with Crippen LogP contribution in [0.2, 0.25) is 0 Å². The number of pyridine rings is 1. The van der Waals surface area contributed by atoms with Gasteiger partial charge < -0.3 is 10.6 Å². The smallest absolute Gasteiger partial charge is 0.329 e. The Balaban J connectivity index is 1.54. The average molecular weight is 431 g/mol. The number of amides is 2. The number of anilines is 1. The Morgan fingerprint density at radius 2 is 2.06 bits per heavy atom. The number of aromatic nitrogens is 2. The number of fused-ring (bicyclic) bond motifs is 1. The van der Waals surface area contributed by atoms with Gasteiger partial charge in [-0.05, 0) is 48.6 Å². The number of urea groups is 1. The van der Waals surface area contributed by atoms with Gasteiger partial charge in [0.25, 0.3) is 0 Å². The second kappa shape index (κ2) is 8.37. The number of nitrogens with one attached hydrogen (secondary N) is 2. The average Bonchev–Trinajstić information content (AvgIpc) is 3.12. The Bertz CT molecular complexity index is 1110. The molecule has 2 amide bonds. The minimum Gasteiger partial charge on any atom is -0.329 e. The lowest BCUT2D eigenvalue weighted by Gasteiger charge is -2.29. The third-order valence-electron chi connectivity index (χ3n) is 5.45. The Morgan fingerprint density at radius 1 is 1.26 bits per heavy atom. The molecular weight excluding hydrogens is 411 g/mol. The Kier molecular flexibility index (Phi) is 5.62. The summed E-state index contributed by atoms with van der Waals surface area (Å²) in [7, 11) is 0. The van der Waals surface area contributed by atoms with E-state index in [1.54, 1.807) is 35.8 Å². The van der Waals surface area contributed by atoms with Crippen LogP contribution in [0, 0.1) is 10.8 Å². The molecule has 1 aliphatic rings. The third-order valence-corrected chi connectivity index (χ3v) is 5.45. The molecule has 0 saturated heterocycles. The number of alkyl halides is 3. The summed E-state index contributed by atoms with van der Waals surface area (Å²) in [5.74, 6) is 0.278. The highest BCUT2D eigenvalue weighted by atomic mass is 19.4. The highest BCUT2D eigenvalue weighted by Crippen LogP contribution is 2.40. The van der Waals surface area contributed by atoms with Crippen molar-refractivity contribution >= 4 is 17.4 Å². The maximum atomic E-state index is 12.2. The minimum absolute atomic E-state index is 0.278. The highest BCUT2D eigenvalue weighted by Gasteiger charge is 2.30. The Hall–Kier alpha value is -3.43. The van der Waals surface area contributed by atoms with Crippen LogP contribution < -0.4 is 10.6 Å². The predicted molar refractivity (Wildman–Crippen MR) is 110 cm³/mol. The van der Waals surface area contributed by atoms with Crippen LogP contribution in [0.3, 0.4) is 0 Å². The van der Waals surface area contributed by atoms with E-state index in [0.29, 0.717) is 11.3 Å². The first kappa shape index (κ1) is 20.8. The van der Waals surface area contributed by atoms with Gasteiger partial charge in [0.15, 0.2) is 0 Å². The van der Waals surface area contributed by atoms with Gasteiger partial charge in [-0.3, -0.25) is 4.40 Å². The summed E-state index contributed by atoms with van der Waals surface area (Å²) in [6, 6.07) is 9.11. The van der Waals surface area contributed by atoms with Gasteiger partial charge in [0.05, 0.1) is 11.9 Å². The maximum Gasteiger partial charge on any atom is 0.405 e.